The minimum absolute atomic E-state index is 0.852. The Morgan fingerprint density at radius 1 is 1.20 bits per heavy atom. The molecule has 1 N–H and O–H groups in total. The first kappa shape index (κ1) is 10.1. The largest absolute Gasteiger partial charge is 0.497 e. The van der Waals surface area contributed by atoms with Crippen molar-refractivity contribution in [3.8, 4) is 5.75 Å². The highest BCUT2D eigenvalue weighted by Crippen LogP contribution is 2.17. The van der Waals surface area contributed by atoms with Gasteiger partial charge in [0, 0.05) is 6.54 Å². The van der Waals surface area contributed by atoms with Crippen LogP contribution < -0.4 is 10.1 Å². The van der Waals surface area contributed by atoms with E-state index in [-0.39, 0.29) is 0 Å². The quantitative estimate of drug-likeness (QED) is 0.851. The summed E-state index contributed by atoms with van der Waals surface area (Å²) in [4.78, 5) is 0. The molecule has 0 radical (unpaired) electrons. The Morgan fingerprint density at radius 2 is 2.00 bits per heavy atom. The minimum Gasteiger partial charge on any atom is -0.497 e. The first-order valence-corrected chi connectivity index (χ1v) is 5.67. The van der Waals surface area contributed by atoms with Crippen molar-refractivity contribution in [2.75, 3.05) is 12.4 Å². The smallest absolute Gasteiger partial charge is 0.118 e. The molecule has 0 aliphatic carbocycles. The maximum atomic E-state index is 5.10. The molecule has 3 heteroatoms. The topological polar surface area (TPSA) is 21.3 Å². The Balaban J connectivity index is 1.93. The second kappa shape index (κ2) is 4.84. The van der Waals surface area contributed by atoms with Gasteiger partial charge in [0.2, 0.25) is 0 Å². The van der Waals surface area contributed by atoms with Crippen molar-refractivity contribution in [1.82, 2.24) is 0 Å². The SMILES string of the molecule is COc1ccc(CNc2cccs2)cc1. The van der Waals surface area contributed by atoms with Gasteiger partial charge in [0.1, 0.15) is 5.75 Å². The fraction of sp³-hybridized carbons (Fsp3) is 0.167. The Labute approximate surface area is 93.5 Å². The van der Waals surface area contributed by atoms with Crippen molar-refractivity contribution in [2.45, 2.75) is 6.54 Å². The fourth-order valence-electron chi connectivity index (χ4n) is 1.31. The Morgan fingerprint density at radius 3 is 2.60 bits per heavy atom. The summed E-state index contributed by atoms with van der Waals surface area (Å²) in [5, 5.41) is 6.62. The lowest BCUT2D eigenvalue weighted by atomic mass is 10.2. The molecule has 1 heterocycles. The molecule has 78 valence electrons. The molecule has 0 amide bonds. The lowest BCUT2D eigenvalue weighted by molar-refractivity contribution is 0.414. The molecule has 15 heavy (non-hydrogen) atoms. The summed E-state index contributed by atoms with van der Waals surface area (Å²) in [5.74, 6) is 0.898. The van der Waals surface area contributed by atoms with E-state index in [9.17, 15) is 0 Å². The molecule has 0 unspecified atom stereocenters. The molecule has 0 aliphatic rings. The van der Waals surface area contributed by atoms with E-state index in [0.717, 1.165) is 12.3 Å². The van der Waals surface area contributed by atoms with Gasteiger partial charge in [0.25, 0.3) is 0 Å². The van der Waals surface area contributed by atoms with Crippen LogP contribution in [0.15, 0.2) is 41.8 Å². The van der Waals surface area contributed by atoms with Crippen molar-refractivity contribution in [3.05, 3.63) is 47.3 Å². The molecule has 0 aliphatic heterocycles. The van der Waals surface area contributed by atoms with E-state index in [4.69, 9.17) is 4.74 Å². The average molecular weight is 219 g/mol. The summed E-state index contributed by atoms with van der Waals surface area (Å²) in [6.07, 6.45) is 0. The van der Waals surface area contributed by atoms with Crippen LogP contribution in [0.25, 0.3) is 0 Å². The van der Waals surface area contributed by atoms with Crippen LogP contribution in [-0.2, 0) is 6.54 Å². The molecule has 1 aromatic heterocycles. The summed E-state index contributed by atoms with van der Waals surface area (Å²) >= 11 is 1.71. The Hall–Kier alpha value is -1.48. The summed E-state index contributed by atoms with van der Waals surface area (Å²) in [7, 11) is 1.68. The van der Waals surface area contributed by atoms with Crippen molar-refractivity contribution in [1.29, 1.82) is 0 Å². The van der Waals surface area contributed by atoms with Gasteiger partial charge in [-0.05, 0) is 35.2 Å². The fourth-order valence-corrected chi connectivity index (χ4v) is 1.93. The van der Waals surface area contributed by atoms with Gasteiger partial charge in [-0.25, -0.2) is 0 Å². The molecule has 2 nitrogen and oxygen atoms in total. The van der Waals surface area contributed by atoms with Crippen molar-refractivity contribution >= 4 is 16.3 Å². The molecular weight excluding hydrogens is 206 g/mol. The normalized spacial score (nSPS) is 9.93. The highest BCUT2D eigenvalue weighted by Gasteiger charge is 1.95. The number of nitrogens with one attached hydrogen (secondary N) is 1. The van der Waals surface area contributed by atoms with E-state index in [0.29, 0.717) is 0 Å². The van der Waals surface area contributed by atoms with E-state index in [1.54, 1.807) is 18.4 Å². The van der Waals surface area contributed by atoms with Gasteiger partial charge in [-0.2, -0.15) is 0 Å². The molecule has 0 saturated heterocycles. The monoisotopic (exact) mass is 219 g/mol. The van der Waals surface area contributed by atoms with Crippen molar-refractivity contribution in [2.24, 2.45) is 0 Å². The lowest BCUT2D eigenvalue weighted by Crippen LogP contribution is -1.97. The first-order valence-electron chi connectivity index (χ1n) is 4.79. The van der Waals surface area contributed by atoms with Gasteiger partial charge in [-0.3, -0.25) is 0 Å². The van der Waals surface area contributed by atoms with E-state index in [1.807, 2.05) is 18.2 Å². The zero-order valence-electron chi connectivity index (χ0n) is 8.57. The van der Waals surface area contributed by atoms with Crippen LogP contribution in [0.2, 0.25) is 0 Å². The van der Waals surface area contributed by atoms with E-state index < -0.39 is 0 Å². The molecule has 0 bridgehead atoms. The minimum atomic E-state index is 0.852. The average Bonchev–Trinajstić information content (AvgIpc) is 2.80. The van der Waals surface area contributed by atoms with Crippen LogP contribution in [0.3, 0.4) is 0 Å². The first-order chi connectivity index (χ1) is 7.38. The van der Waals surface area contributed by atoms with Gasteiger partial charge < -0.3 is 10.1 Å². The third-order valence-electron chi connectivity index (χ3n) is 2.15. The lowest BCUT2D eigenvalue weighted by Gasteiger charge is -2.04. The molecule has 0 fully saturated rings. The van der Waals surface area contributed by atoms with Gasteiger partial charge in [-0.15, -0.1) is 11.3 Å². The highest BCUT2D eigenvalue weighted by molar-refractivity contribution is 7.14. The summed E-state index contributed by atoms with van der Waals surface area (Å²) in [5.41, 5.74) is 1.25. The van der Waals surface area contributed by atoms with Crippen LogP contribution in [0.5, 0.6) is 5.75 Å². The van der Waals surface area contributed by atoms with Gasteiger partial charge in [-0.1, -0.05) is 12.1 Å². The number of benzene rings is 1. The molecular formula is C12H13NOS. The predicted octanol–water partition coefficient (Wildman–Crippen LogP) is 3.37. The van der Waals surface area contributed by atoms with Crippen molar-refractivity contribution < 1.29 is 4.74 Å². The zero-order chi connectivity index (χ0) is 10.5. The van der Waals surface area contributed by atoms with Crippen LogP contribution in [0, 0.1) is 0 Å². The molecule has 2 rings (SSSR count). The number of anilines is 1. The highest BCUT2D eigenvalue weighted by atomic mass is 32.1. The maximum Gasteiger partial charge on any atom is 0.118 e. The van der Waals surface area contributed by atoms with Gasteiger partial charge in [0.05, 0.1) is 12.1 Å². The Bertz CT molecular complexity index is 394. The second-order valence-electron chi connectivity index (χ2n) is 3.18. The summed E-state index contributed by atoms with van der Waals surface area (Å²) < 4.78 is 5.10. The molecule has 2 aromatic rings. The maximum absolute atomic E-state index is 5.10. The zero-order valence-corrected chi connectivity index (χ0v) is 9.38. The molecule has 1 aromatic carbocycles. The standard InChI is InChI=1S/C12H13NOS/c1-14-11-6-4-10(5-7-11)9-13-12-3-2-8-15-12/h2-8,13H,9H2,1H3. The predicted molar refractivity (Wildman–Crippen MR) is 64.6 cm³/mol. The number of hydrogen-bond donors (Lipinski definition) is 1. The second-order valence-corrected chi connectivity index (χ2v) is 4.13. The van der Waals surface area contributed by atoms with Crippen LogP contribution in [0.1, 0.15) is 5.56 Å². The van der Waals surface area contributed by atoms with Gasteiger partial charge in [0.15, 0.2) is 0 Å². The van der Waals surface area contributed by atoms with Crippen LogP contribution in [-0.4, -0.2) is 7.11 Å². The van der Waals surface area contributed by atoms with Crippen LogP contribution in [0.4, 0.5) is 5.00 Å². The van der Waals surface area contributed by atoms with Gasteiger partial charge >= 0.3 is 0 Å². The number of methoxy groups -OCH3 is 1. The van der Waals surface area contributed by atoms with E-state index in [1.165, 1.54) is 10.6 Å². The third-order valence-corrected chi connectivity index (χ3v) is 2.97. The molecule has 0 saturated carbocycles. The van der Waals surface area contributed by atoms with E-state index >= 15 is 0 Å². The molecule has 0 atom stereocenters. The number of ether oxygens (including phenoxy) is 1. The molecule has 0 spiro atoms. The number of hydrogen-bond acceptors (Lipinski definition) is 3. The third kappa shape index (κ3) is 2.73. The van der Waals surface area contributed by atoms with Crippen LogP contribution >= 0.6 is 11.3 Å². The number of rotatable bonds is 4. The van der Waals surface area contributed by atoms with Crippen molar-refractivity contribution in [3.63, 3.8) is 0 Å². The summed E-state index contributed by atoms with van der Waals surface area (Å²) in [6.45, 7) is 0.852. The summed E-state index contributed by atoms with van der Waals surface area (Å²) in [6, 6.07) is 12.2. The Kier molecular flexibility index (Phi) is 3.25. The van der Waals surface area contributed by atoms with E-state index in [2.05, 4.69) is 28.9 Å². The number of thiophene rings is 1.